The smallest absolute Gasteiger partial charge is 0.0234 e. The fraction of sp³-hybridized carbons (Fsp3) is 0.467. The molecule has 0 heteroatoms. The van der Waals surface area contributed by atoms with Gasteiger partial charge in [-0.15, -0.1) is 0 Å². The summed E-state index contributed by atoms with van der Waals surface area (Å²) in [6.07, 6.45) is 8.82. The van der Waals surface area contributed by atoms with Crippen molar-refractivity contribution in [1.29, 1.82) is 0 Å². The molecule has 0 amide bonds. The van der Waals surface area contributed by atoms with Gasteiger partial charge in [-0.3, -0.25) is 0 Å². The summed E-state index contributed by atoms with van der Waals surface area (Å²) in [6, 6.07) is 0. The van der Waals surface area contributed by atoms with Gasteiger partial charge >= 0.3 is 0 Å². The van der Waals surface area contributed by atoms with Gasteiger partial charge in [0, 0.05) is 0 Å². The molecular formula is C15H28. The maximum Gasteiger partial charge on any atom is -0.0234 e. The van der Waals surface area contributed by atoms with Crippen molar-refractivity contribution in [2.75, 3.05) is 0 Å². The standard InChI is InChI=1S/C11H16.2C2H6/c1-5-9-11(8-4)10(6-2)7-3;2*1-2/h5-6,8-9H,2,4,7H2,1,3H3;2*1-2H3/b9-5-,11-10+;;. The Morgan fingerprint density at radius 2 is 1.47 bits per heavy atom. The summed E-state index contributed by atoms with van der Waals surface area (Å²) < 4.78 is 0. The van der Waals surface area contributed by atoms with E-state index in [0.29, 0.717) is 0 Å². The van der Waals surface area contributed by atoms with Crippen LogP contribution in [0.4, 0.5) is 0 Å². The largest absolute Gasteiger partial charge is 0.0988 e. The van der Waals surface area contributed by atoms with Gasteiger partial charge < -0.3 is 0 Å². The second-order valence-electron chi connectivity index (χ2n) is 2.24. The van der Waals surface area contributed by atoms with Crippen LogP contribution in [0, 0.1) is 0 Å². The quantitative estimate of drug-likeness (QED) is 0.520. The molecule has 0 heterocycles. The van der Waals surface area contributed by atoms with Gasteiger partial charge in [-0.2, -0.15) is 0 Å². The first-order chi connectivity index (χ1) is 7.29. The lowest BCUT2D eigenvalue weighted by Gasteiger charge is -2.00. The van der Waals surface area contributed by atoms with Gasteiger partial charge in [-0.25, -0.2) is 0 Å². The van der Waals surface area contributed by atoms with Gasteiger partial charge in [0.15, 0.2) is 0 Å². The zero-order valence-corrected chi connectivity index (χ0v) is 11.4. The number of rotatable bonds is 4. The highest BCUT2D eigenvalue weighted by Crippen LogP contribution is 2.11. The Morgan fingerprint density at radius 1 is 1.00 bits per heavy atom. The molecule has 0 aromatic carbocycles. The van der Waals surface area contributed by atoms with E-state index in [2.05, 4.69) is 20.1 Å². The predicted molar refractivity (Wildman–Crippen MR) is 75.2 cm³/mol. The molecule has 0 fully saturated rings. The molecule has 15 heavy (non-hydrogen) atoms. The molecule has 0 nitrogen and oxygen atoms in total. The molecule has 0 saturated carbocycles. The Kier molecular flexibility index (Phi) is 24.3. The Morgan fingerprint density at radius 3 is 1.67 bits per heavy atom. The zero-order chi connectivity index (χ0) is 12.7. The number of hydrogen-bond acceptors (Lipinski definition) is 0. The van der Waals surface area contributed by atoms with Crippen LogP contribution in [0.15, 0.2) is 48.6 Å². The van der Waals surface area contributed by atoms with Crippen LogP contribution in [0.5, 0.6) is 0 Å². The molecule has 0 aromatic rings. The lowest BCUT2D eigenvalue weighted by molar-refractivity contribution is 1.14. The number of hydrogen-bond donors (Lipinski definition) is 0. The molecule has 88 valence electrons. The van der Waals surface area contributed by atoms with Crippen LogP contribution >= 0.6 is 0 Å². The topological polar surface area (TPSA) is 0 Å². The van der Waals surface area contributed by atoms with E-state index in [4.69, 9.17) is 0 Å². The van der Waals surface area contributed by atoms with Crippen LogP contribution < -0.4 is 0 Å². The van der Waals surface area contributed by atoms with Gasteiger partial charge in [0.25, 0.3) is 0 Å². The van der Waals surface area contributed by atoms with Crippen molar-refractivity contribution in [3.05, 3.63) is 48.6 Å². The van der Waals surface area contributed by atoms with Crippen molar-refractivity contribution >= 4 is 0 Å². The highest BCUT2D eigenvalue weighted by atomic mass is 14.0. The van der Waals surface area contributed by atoms with E-state index in [0.717, 1.165) is 6.42 Å². The van der Waals surface area contributed by atoms with Gasteiger partial charge in [0.1, 0.15) is 0 Å². The Balaban J connectivity index is -0.000000318. The van der Waals surface area contributed by atoms with E-state index < -0.39 is 0 Å². The molecule has 0 aliphatic carbocycles. The SMILES string of the molecule is C=CC(/C=C\C)=C(/C=C)CC.CC.CC. The van der Waals surface area contributed by atoms with Gasteiger partial charge in [-0.1, -0.05) is 72.1 Å². The van der Waals surface area contributed by atoms with Crippen molar-refractivity contribution in [2.24, 2.45) is 0 Å². The van der Waals surface area contributed by atoms with Crippen LogP contribution in [-0.4, -0.2) is 0 Å². The van der Waals surface area contributed by atoms with Crippen LogP contribution in [-0.2, 0) is 0 Å². The summed E-state index contributed by atoms with van der Waals surface area (Å²) in [6.45, 7) is 19.6. The maximum atomic E-state index is 3.74. The number of allylic oxidation sites excluding steroid dienone is 6. The van der Waals surface area contributed by atoms with E-state index in [1.54, 1.807) is 0 Å². The fourth-order valence-corrected chi connectivity index (χ4v) is 0.952. The molecule has 0 rings (SSSR count). The zero-order valence-electron chi connectivity index (χ0n) is 11.4. The molecule has 0 aliphatic heterocycles. The maximum absolute atomic E-state index is 3.74. The van der Waals surface area contributed by atoms with Gasteiger partial charge in [0.2, 0.25) is 0 Å². The van der Waals surface area contributed by atoms with E-state index in [-0.39, 0.29) is 0 Å². The lowest BCUT2D eigenvalue weighted by Crippen LogP contribution is -1.80. The fourth-order valence-electron chi connectivity index (χ4n) is 0.952. The van der Waals surface area contributed by atoms with Gasteiger partial charge in [0.05, 0.1) is 0 Å². The molecule has 0 aromatic heterocycles. The summed E-state index contributed by atoms with van der Waals surface area (Å²) in [5.74, 6) is 0. The summed E-state index contributed by atoms with van der Waals surface area (Å²) in [4.78, 5) is 0. The average molecular weight is 208 g/mol. The summed E-state index contributed by atoms with van der Waals surface area (Å²) in [5.41, 5.74) is 2.42. The lowest BCUT2D eigenvalue weighted by atomic mass is 10.1. The van der Waals surface area contributed by atoms with Crippen molar-refractivity contribution in [1.82, 2.24) is 0 Å². The van der Waals surface area contributed by atoms with Crippen molar-refractivity contribution in [3.63, 3.8) is 0 Å². The van der Waals surface area contributed by atoms with Crippen LogP contribution in [0.25, 0.3) is 0 Å². The van der Waals surface area contributed by atoms with Gasteiger partial charge in [-0.05, 0) is 24.5 Å². The van der Waals surface area contributed by atoms with E-state index in [9.17, 15) is 0 Å². The molecule has 0 unspecified atom stereocenters. The summed E-state index contributed by atoms with van der Waals surface area (Å²) >= 11 is 0. The molecular weight excluding hydrogens is 180 g/mol. The van der Waals surface area contributed by atoms with Crippen molar-refractivity contribution < 1.29 is 0 Å². The van der Waals surface area contributed by atoms with Crippen LogP contribution in [0.2, 0.25) is 0 Å². The molecule has 0 bridgehead atoms. The second kappa shape index (κ2) is 18.7. The van der Waals surface area contributed by atoms with Crippen LogP contribution in [0.3, 0.4) is 0 Å². The third-order valence-electron chi connectivity index (χ3n) is 1.56. The molecule has 0 radical (unpaired) electrons. The minimum absolute atomic E-state index is 1.01. The minimum Gasteiger partial charge on any atom is -0.0988 e. The highest BCUT2D eigenvalue weighted by Gasteiger charge is 1.92. The third kappa shape index (κ3) is 10.9. The normalized spacial score (nSPS) is 10.3. The minimum atomic E-state index is 1.01. The third-order valence-corrected chi connectivity index (χ3v) is 1.56. The monoisotopic (exact) mass is 208 g/mol. The predicted octanol–water partition coefficient (Wildman–Crippen LogP) is 5.69. The molecule has 0 atom stereocenters. The Bertz CT molecular complexity index is 192. The molecule has 0 N–H and O–H groups in total. The first-order valence-corrected chi connectivity index (χ1v) is 5.90. The average Bonchev–Trinajstić information content (AvgIpc) is 2.34. The van der Waals surface area contributed by atoms with Crippen molar-refractivity contribution in [2.45, 2.75) is 48.0 Å². The highest BCUT2D eigenvalue weighted by molar-refractivity contribution is 5.38. The van der Waals surface area contributed by atoms with E-state index >= 15 is 0 Å². The molecule has 0 aliphatic rings. The first kappa shape index (κ1) is 19.5. The van der Waals surface area contributed by atoms with E-state index in [1.165, 1.54) is 11.1 Å². The Labute approximate surface area is 97.1 Å². The Hall–Kier alpha value is -1.04. The molecule has 0 spiro atoms. The summed E-state index contributed by atoms with van der Waals surface area (Å²) in [5, 5.41) is 0. The van der Waals surface area contributed by atoms with E-state index in [1.807, 2.05) is 58.9 Å². The second-order valence-corrected chi connectivity index (χ2v) is 2.24. The first-order valence-electron chi connectivity index (χ1n) is 5.90. The van der Waals surface area contributed by atoms with Crippen molar-refractivity contribution in [3.8, 4) is 0 Å². The molecule has 0 saturated heterocycles. The summed E-state index contributed by atoms with van der Waals surface area (Å²) in [7, 11) is 0. The van der Waals surface area contributed by atoms with Crippen LogP contribution in [0.1, 0.15) is 48.0 Å².